The number of benzene rings is 1. The monoisotopic (exact) mass is 765 g/mol. The van der Waals surface area contributed by atoms with Crippen LogP contribution in [0.5, 0.6) is 11.5 Å². The van der Waals surface area contributed by atoms with Crippen molar-refractivity contribution < 1.29 is 38.2 Å². The van der Waals surface area contributed by atoms with Gasteiger partial charge in [-0.1, -0.05) is 6.07 Å². The van der Waals surface area contributed by atoms with Crippen LogP contribution in [0.2, 0.25) is 0 Å². The molecule has 5 aliphatic rings. The van der Waals surface area contributed by atoms with E-state index in [1.165, 1.54) is 23.0 Å². The van der Waals surface area contributed by atoms with Gasteiger partial charge >= 0.3 is 6.09 Å². The van der Waals surface area contributed by atoms with E-state index < -0.39 is 36.1 Å². The molecule has 5 amide bonds. The maximum absolute atomic E-state index is 14.3. The molecule has 2 fully saturated rings. The van der Waals surface area contributed by atoms with Gasteiger partial charge in [-0.2, -0.15) is 0 Å². The average molecular weight is 766 g/mol. The summed E-state index contributed by atoms with van der Waals surface area (Å²) in [5, 5.41) is 18.1. The summed E-state index contributed by atoms with van der Waals surface area (Å²) in [5.41, 5.74) is 7.44. The molecular formula is C38H55N9O8. The van der Waals surface area contributed by atoms with Gasteiger partial charge in [-0.3, -0.25) is 24.6 Å². The van der Waals surface area contributed by atoms with Crippen molar-refractivity contribution >= 4 is 35.7 Å². The van der Waals surface area contributed by atoms with E-state index in [4.69, 9.17) is 25.4 Å². The summed E-state index contributed by atoms with van der Waals surface area (Å²) in [4.78, 5) is 70.6. The highest BCUT2D eigenvalue weighted by molar-refractivity contribution is 5.90. The van der Waals surface area contributed by atoms with Crippen LogP contribution in [0.25, 0.3) is 0 Å². The topological polar surface area (TPSA) is 221 Å². The third kappa shape index (κ3) is 7.89. The third-order valence-electron chi connectivity index (χ3n) is 12.0. The smallest absolute Gasteiger partial charge is 0.415 e. The molecule has 3 aliphatic heterocycles. The second-order valence-electron chi connectivity index (χ2n) is 15.5. The first-order valence-electron chi connectivity index (χ1n) is 19.1. The predicted molar refractivity (Wildman–Crippen MR) is 201 cm³/mol. The van der Waals surface area contributed by atoms with Crippen molar-refractivity contribution in [3.05, 3.63) is 35.1 Å². The number of guanidine groups is 1. The van der Waals surface area contributed by atoms with E-state index in [1.54, 1.807) is 26.1 Å². The molecule has 0 aromatic heterocycles. The minimum atomic E-state index is -0.977. The SMILES string of the molecule is COc1ccc2c3c1OC1C(OC(=O)N4CCC(C(=O)N(C)C)CC4CNC(=O)[C@H](CCCNC(=N)N)NC(=O)CNC(C)=O)=CC[C@H]4[C@@H](C2)N(C)CC[C@]314. The molecule has 17 nitrogen and oxygen atoms in total. The second kappa shape index (κ2) is 16.4. The normalized spacial score (nSPS) is 26.6. The number of allylic oxidation sites excluding steroid dienone is 1. The van der Waals surface area contributed by atoms with Crippen molar-refractivity contribution in [1.29, 1.82) is 5.41 Å². The Morgan fingerprint density at radius 3 is 2.64 bits per heavy atom. The first kappa shape index (κ1) is 39.6. The number of nitrogens with one attached hydrogen (secondary N) is 5. The Kier molecular flexibility index (Phi) is 11.8. The Labute approximate surface area is 321 Å². The number of likely N-dealkylation sites (N-methyl/N-ethyl adjacent to an activating group) is 1. The number of carbonyl (C=O) groups is 5. The second-order valence-corrected chi connectivity index (χ2v) is 15.5. The molecule has 1 aromatic rings. The summed E-state index contributed by atoms with van der Waals surface area (Å²) >= 11 is 0. The number of methoxy groups -OCH3 is 1. The van der Waals surface area contributed by atoms with E-state index in [2.05, 4.69) is 39.3 Å². The van der Waals surface area contributed by atoms with Crippen LogP contribution in [0.3, 0.4) is 0 Å². The molecule has 7 N–H and O–H groups in total. The molecule has 2 bridgehead atoms. The van der Waals surface area contributed by atoms with Crippen molar-refractivity contribution in [2.45, 2.75) is 81.5 Å². The van der Waals surface area contributed by atoms with Crippen LogP contribution < -0.4 is 36.5 Å². The number of hydrogen-bond acceptors (Lipinski definition) is 10. The van der Waals surface area contributed by atoms with Crippen LogP contribution in [0.15, 0.2) is 24.0 Å². The Balaban J connectivity index is 1.20. The Bertz CT molecular complexity index is 1730. The number of ether oxygens (including phenoxy) is 3. The van der Waals surface area contributed by atoms with Crippen LogP contribution in [-0.2, 0) is 35.8 Å². The number of nitrogens with two attached hydrogens (primary N) is 1. The minimum absolute atomic E-state index is 0.0000924. The fraction of sp³-hybridized carbons (Fsp3) is 0.632. The molecule has 1 spiro atoms. The quantitative estimate of drug-likeness (QED) is 0.0903. The Morgan fingerprint density at radius 2 is 1.93 bits per heavy atom. The largest absolute Gasteiger partial charge is 0.493 e. The van der Waals surface area contributed by atoms with Gasteiger partial charge in [0.1, 0.15) is 11.8 Å². The highest BCUT2D eigenvalue weighted by Gasteiger charge is 2.65. The van der Waals surface area contributed by atoms with E-state index in [0.717, 1.165) is 31.6 Å². The van der Waals surface area contributed by atoms with Crippen LogP contribution in [0, 0.1) is 17.2 Å². The number of nitrogens with zero attached hydrogens (tertiary/aromatic N) is 3. The molecule has 3 unspecified atom stereocenters. The van der Waals surface area contributed by atoms with Gasteiger partial charge < -0.3 is 55.9 Å². The maximum Gasteiger partial charge on any atom is 0.415 e. The van der Waals surface area contributed by atoms with E-state index in [-0.39, 0.29) is 61.1 Å². The summed E-state index contributed by atoms with van der Waals surface area (Å²) in [5.74, 6) is 0.0299. The highest BCUT2D eigenvalue weighted by atomic mass is 16.6. The Morgan fingerprint density at radius 1 is 1.15 bits per heavy atom. The van der Waals surface area contributed by atoms with Crippen molar-refractivity contribution in [3.63, 3.8) is 0 Å². The fourth-order valence-electron chi connectivity index (χ4n) is 9.39. The van der Waals surface area contributed by atoms with Crippen molar-refractivity contribution in [1.82, 2.24) is 36.0 Å². The van der Waals surface area contributed by atoms with Gasteiger partial charge in [0.05, 0.1) is 19.7 Å². The molecule has 55 heavy (non-hydrogen) atoms. The predicted octanol–water partition coefficient (Wildman–Crippen LogP) is 0.164. The molecule has 1 aromatic carbocycles. The summed E-state index contributed by atoms with van der Waals surface area (Å²) in [6, 6.07) is 2.84. The first-order valence-corrected chi connectivity index (χ1v) is 19.1. The third-order valence-corrected chi connectivity index (χ3v) is 12.0. The lowest BCUT2D eigenvalue weighted by Crippen LogP contribution is -2.63. The van der Waals surface area contributed by atoms with Crippen LogP contribution in [0.4, 0.5) is 4.79 Å². The Hall–Kier alpha value is -5.06. The standard InChI is InChI=1S/C38H55N9O8/c1-21(48)42-20-30(49)44-26(7-6-14-41-36(39)40)34(50)43-19-24-17-23(35(51)45(2)3)12-15-47(24)37(52)54-29-11-9-25-27-18-22-8-10-28(53-5)32-31(22)38(25,33(29)55-32)13-16-46(27)4/h8,10-11,23-27,33H,6-7,9,12-20H2,1-5H3,(H,42,48)(H,43,50)(H,44,49)(H4,39,40,41)/t23?,24?,25-,26-,27+,33?,38-/m0/s1. The van der Waals surface area contributed by atoms with E-state index in [9.17, 15) is 24.0 Å². The van der Waals surface area contributed by atoms with E-state index in [1.807, 2.05) is 12.1 Å². The summed E-state index contributed by atoms with van der Waals surface area (Å²) in [6.07, 6.45) is 4.70. The van der Waals surface area contributed by atoms with Gasteiger partial charge in [-0.25, -0.2) is 4.79 Å². The lowest BCUT2D eigenvalue weighted by molar-refractivity contribution is -0.135. The van der Waals surface area contributed by atoms with E-state index in [0.29, 0.717) is 43.4 Å². The van der Waals surface area contributed by atoms with Crippen LogP contribution >= 0.6 is 0 Å². The van der Waals surface area contributed by atoms with Gasteiger partial charge in [-0.15, -0.1) is 0 Å². The minimum Gasteiger partial charge on any atom is -0.493 e. The zero-order chi connectivity index (χ0) is 39.6. The average Bonchev–Trinajstić information content (AvgIpc) is 3.51. The van der Waals surface area contributed by atoms with Crippen molar-refractivity contribution in [2.75, 3.05) is 61.0 Å². The number of hydrogen-bond donors (Lipinski definition) is 6. The van der Waals surface area contributed by atoms with Gasteiger partial charge in [0.15, 0.2) is 23.6 Å². The summed E-state index contributed by atoms with van der Waals surface area (Å²) in [7, 11) is 7.19. The molecule has 3 heterocycles. The van der Waals surface area contributed by atoms with Crippen LogP contribution in [0.1, 0.15) is 56.6 Å². The molecule has 6 rings (SSSR count). The van der Waals surface area contributed by atoms with E-state index >= 15 is 0 Å². The molecule has 0 radical (unpaired) electrons. The first-order chi connectivity index (χ1) is 26.2. The fourth-order valence-corrected chi connectivity index (χ4v) is 9.39. The van der Waals surface area contributed by atoms with Gasteiger partial charge in [-0.05, 0) is 82.2 Å². The maximum atomic E-state index is 14.3. The molecule has 2 saturated heterocycles. The lowest BCUT2D eigenvalue weighted by atomic mass is 9.53. The number of carbonyl (C=O) groups excluding carboxylic acids is 5. The zero-order valence-corrected chi connectivity index (χ0v) is 32.4. The highest BCUT2D eigenvalue weighted by Crippen LogP contribution is 2.63. The summed E-state index contributed by atoms with van der Waals surface area (Å²) in [6.45, 7) is 2.40. The number of piperidine rings is 2. The number of amides is 5. The van der Waals surface area contributed by atoms with Crippen molar-refractivity contribution in [2.24, 2.45) is 17.6 Å². The molecule has 17 heteroatoms. The molecular weight excluding hydrogens is 710 g/mol. The van der Waals surface area contributed by atoms with Crippen molar-refractivity contribution in [3.8, 4) is 11.5 Å². The number of likely N-dealkylation sites (tertiary alicyclic amines) is 2. The lowest BCUT2D eigenvalue weighted by Gasteiger charge is -2.56. The molecule has 300 valence electrons. The van der Waals surface area contributed by atoms with Gasteiger partial charge in [0, 0.05) is 63.6 Å². The van der Waals surface area contributed by atoms with Gasteiger partial charge in [0.2, 0.25) is 23.6 Å². The molecule has 7 atom stereocenters. The molecule has 2 aliphatic carbocycles. The van der Waals surface area contributed by atoms with Gasteiger partial charge in [0.25, 0.3) is 0 Å². The molecule has 0 saturated carbocycles. The summed E-state index contributed by atoms with van der Waals surface area (Å²) < 4.78 is 18.8. The number of rotatable bonds is 13. The van der Waals surface area contributed by atoms with Crippen LogP contribution in [-0.4, -0.2) is 136 Å². The zero-order valence-electron chi connectivity index (χ0n) is 32.4.